The van der Waals surface area contributed by atoms with E-state index in [0.717, 1.165) is 17.5 Å². The smallest absolute Gasteiger partial charge is 0.225 e. The highest BCUT2D eigenvalue weighted by Gasteiger charge is 2.21. The fraction of sp³-hybridized carbons (Fsp3) is 0.579. The van der Waals surface area contributed by atoms with Crippen LogP contribution in [0.2, 0.25) is 0 Å². The summed E-state index contributed by atoms with van der Waals surface area (Å²) in [5.41, 5.74) is 1.59. The van der Waals surface area contributed by atoms with Crippen molar-refractivity contribution in [1.29, 1.82) is 0 Å². The Morgan fingerprint density at radius 2 is 1.36 bits per heavy atom. The molecule has 0 saturated carbocycles. The van der Waals surface area contributed by atoms with E-state index in [1.165, 1.54) is 0 Å². The first kappa shape index (κ1) is 18.4. The molecule has 0 aliphatic rings. The molecule has 0 radical (unpaired) electrons. The molecule has 22 heavy (non-hydrogen) atoms. The van der Waals surface area contributed by atoms with Crippen LogP contribution in [0.3, 0.4) is 0 Å². The van der Waals surface area contributed by atoms with Crippen LogP contribution in [0.15, 0.2) is 24.3 Å². The highest BCUT2D eigenvalue weighted by molar-refractivity contribution is 5.83. The van der Waals surface area contributed by atoms with E-state index in [0.29, 0.717) is 13.0 Å². The zero-order valence-corrected chi connectivity index (χ0v) is 14.7. The molecule has 0 spiro atoms. The Hall–Kier alpha value is -1.64. The van der Waals surface area contributed by atoms with E-state index in [1.54, 1.807) is 0 Å². The van der Waals surface area contributed by atoms with Gasteiger partial charge in [0.05, 0.1) is 0 Å². The molecule has 1 amide bonds. The first-order valence-electron chi connectivity index (χ1n) is 7.89. The molecule has 3 nitrogen and oxygen atoms in total. The third kappa shape index (κ3) is 6.00. The molecular formula is C19H29NO2. The van der Waals surface area contributed by atoms with Crippen LogP contribution >= 0.6 is 0 Å². The van der Waals surface area contributed by atoms with Gasteiger partial charge in [-0.2, -0.15) is 0 Å². The van der Waals surface area contributed by atoms with Crippen LogP contribution < -0.4 is 5.32 Å². The lowest BCUT2D eigenvalue weighted by Gasteiger charge is -2.18. The number of Topliss-reactive ketones (excluding diaryl/α,β-unsaturated/α-hetero) is 1. The molecule has 1 rings (SSSR count). The minimum absolute atomic E-state index is 0.0485. The van der Waals surface area contributed by atoms with Crippen molar-refractivity contribution in [3.8, 4) is 0 Å². The molecule has 0 bridgehead atoms. The number of rotatable bonds is 5. The van der Waals surface area contributed by atoms with E-state index in [9.17, 15) is 9.59 Å². The van der Waals surface area contributed by atoms with Crippen molar-refractivity contribution in [3.63, 3.8) is 0 Å². The average Bonchev–Trinajstić information content (AvgIpc) is 2.41. The van der Waals surface area contributed by atoms with Gasteiger partial charge in [-0.3, -0.25) is 9.59 Å². The monoisotopic (exact) mass is 303 g/mol. The molecule has 1 aromatic carbocycles. The normalized spacial score (nSPS) is 12.1. The average molecular weight is 303 g/mol. The fourth-order valence-corrected chi connectivity index (χ4v) is 1.90. The quantitative estimate of drug-likeness (QED) is 0.896. The van der Waals surface area contributed by atoms with Gasteiger partial charge in [-0.05, 0) is 17.5 Å². The Morgan fingerprint density at radius 1 is 0.864 bits per heavy atom. The summed E-state index contributed by atoms with van der Waals surface area (Å²) in [7, 11) is 0. The summed E-state index contributed by atoms with van der Waals surface area (Å²) in [4.78, 5) is 23.8. The summed E-state index contributed by atoms with van der Waals surface area (Å²) in [5.74, 6) is 0.335. The Morgan fingerprint density at radius 3 is 1.82 bits per heavy atom. The summed E-state index contributed by atoms with van der Waals surface area (Å²) in [6.45, 7) is 12.1. The van der Waals surface area contributed by atoms with Gasteiger partial charge in [0.15, 0.2) is 0 Å². The topological polar surface area (TPSA) is 46.2 Å². The van der Waals surface area contributed by atoms with Gasteiger partial charge >= 0.3 is 0 Å². The molecule has 122 valence electrons. The highest BCUT2D eigenvalue weighted by Crippen LogP contribution is 2.18. The number of amides is 1. The number of benzene rings is 1. The first-order valence-corrected chi connectivity index (χ1v) is 7.89. The van der Waals surface area contributed by atoms with Crippen molar-refractivity contribution >= 4 is 11.7 Å². The summed E-state index contributed by atoms with van der Waals surface area (Å²) in [6.07, 6.45) is 1.34. The van der Waals surface area contributed by atoms with Crippen molar-refractivity contribution in [1.82, 2.24) is 5.32 Å². The lowest BCUT2D eigenvalue weighted by molar-refractivity contribution is -0.128. The largest absolute Gasteiger partial charge is 0.352 e. The molecule has 1 aromatic rings. The lowest BCUT2D eigenvalue weighted by Crippen LogP contribution is -2.34. The molecule has 0 atom stereocenters. The van der Waals surface area contributed by atoms with Crippen molar-refractivity contribution in [3.05, 3.63) is 35.4 Å². The van der Waals surface area contributed by atoms with Gasteiger partial charge in [-0.15, -0.1) is 0 Å². The summed E-state index contributed by atoms with van der Waals surface area (Å²) in [5, 5.41) is 2.94. The summed E-state index contributed by atoms with van der Waals surface area (Å²) in [6, 6.07) is 8.10. The van der Waals surface area contributed by atoms with E-state index in [4.69, 9.17) is 0 Å². The second-order valence-electron chi connectivity index (χ2n) is 7.92. The van der Waals surface area contributed by atoms with E-state index in [1.807, 2.05) is 65.8 Å². The molecule has 0 aliphatic carbocycles. The van der Waals surface area contributed by atoms with Gasteiger partial charge < -0.3 is 5.32 Å². The van der Waals surface area contributed by atoms with E-state index < -0.39 is 0 Å². The van der Waals surface area contributed by atoms with E-state index >= 15 is 0 Å². The number of nitrogens with one attached hydrogen (secondary N) is 1. The molecule has 0 fully saturated rings. The maximum absolute atomic E-state index is 11.9. The predicted molar refractivity (Wildman–Crippen MR) is 90.5 cm³/mol. The standard InChI is InChI=1S/C19H29NO2/c1-18(2,3)16(21)12-11-14-7-9-15(10-8-14)13-20-17(22)19(4,5)6/h7-10H,11-13H2,1-6H3,(H,20,22). The third-order valence-corrected chi connectivity index (χ3v) is 3.63. The van der Waals surface area contributed by atoms with Gasteiger partial charge in [-0.25, -0.2) is 0 Å². The maximum Gasteiger partial charge on any atom is 0.225 e. The van der Waals surface area contributed by atoms with Gasteiger partial charge in [0.25, 0.3) is 0 Å². The second-order valence-corrected chi connectivity index (χ2v) is 7.92. The van der Waals surface area contributed by atoms with Crippen molar-refractivity contribution in [2.45, 2.75) is 60.9 Å². The minimum atomic E-state index is -0.368. The van der Waals surface area contributed by atoms with Crippen LogP contribution in [0.4, 0.5) is 0 Å². The molecule has 0 heterocycles. The Kier molecular flexibility index (Phi) is 5.92. The lowest BCUT2D eigenvalue weighted by atomic mass is 9.87. The molecule has 0 aromatic heterocycles. The molecule has 0 unspecified atom stereocenters. The zero-order chi connectivity index (χ0) is 17.0. The number of aryl methyl sites for hydroxylation is 1. The Bertz CT molecular complexity index is 467. The number of hydrogen-bond donors (Lipinski definition) is 1. The summed E-state index contributed by atoms with van der Waals surface area (Å²) < 4.78 is 0. The van der Waals surface area contributed by atoms with Crippen LogP contribution in [0.5, 0.6) is 0 Å². The number of carbonyl (C=O) groups is 2. The fourth-order valence-electron chi connectivity index (χ4n) is 1.90. The molecular weight excluding hydrogens is 274 g/mol. The Balaban J connectivity index is 2.50. The van der Waals surface area contributed by atoms with Crippen LogP contribution in [0.25, 0.3) is 0 Å². The van der Waals surface area contributed by atoms with Gasteiger partial charge in [-0.1, -0.05) is 65.8 Å². The third-order valence-electron chi connectivity index (χ3n) is 3.63. The van der Waals surface area contributed by atoms with Crippen LogP contribution in [0.1, 0.15) is 59.1 Å². The van der Waals surface area contributed by atoms with Gasteiger partial charge in [0, 0.05) is 23.8 Å². The number of hydrogen-bond acceptors (Lipinski definition) is 2. The van der Waals surface area contributed by atoms with E-state index in [-0.39, 0.29) is 22.5 Å². The molecule has 0 saturated heterocycles. The highest BCUT2D eigenvalue weighted by atomic mass is 16.2. The first-order chi connectivity index (χ1) is 10.00. The van der Waals surface area contributed by atoms with Crippen molar-refractivity contribution in [2.24, 2.45) is 10.8 Å². The number of ketones is 1. The predicted octanol–water partition coefficient (Wildman–Crippen LogP) is 3.90. The minimum Gasteiger partial charge on any atom is -0.352 e. The molecule has 0 aliphatic heterocycles. The number of carbonyl (C=O) groups excluding carboxylic acids is 2. The summed E-state index contributed by atoms with van der Waals surface area (Å²) >= 11 is 0. The van der Waals surface area contributed by atoms with Crippen LogP contribution in [-0.2, 0) is 22.6 Å². The van der Waals surface area contributed by atoms with Gasteiger partial charge in [0.1, 0.15) is 5.78 Å². The maximum atomic E-state index is 11.9. The molecule has 1 N–H and O–H groups in total. The SMILES string of the molecule is CC(C)(C)C(=O)CCc1ccc(CNC(=O)C(C)(C)C)cc1. The van der Waals surface area contributed by atoms with Crippen LogP contribution in [0, 0.1) is 10.8 Å². The zero-order valence-electron chi connectivity index (χ0n) is 14.7. The molecule has 3 heteroatoms. The van der Waals surface area contributed by atoms with Gasteiger partial charge in [0.2, 0.25) is 5.91 Å². The Labute approximate surface area is 134 Å². The second kappa shape index (κ2) is 7.08. The van der Waals surface area contributed by atoms with E-state index in [2.05, 4.69) is 5.32 Å². The van der Waals surface area contributed by atoms with Crippen molar-refractivity contribution in [2.75, 3.05) is 0 Å². The van der Waals surface area contributed by atoms with Crippen molar-refractivity contribution < 1.29 is 9.59 Å². The van der Waals surface area contributed by atoms with Crippen LogP contribution in [-0.4, -0.2) is 11.7 Å².